The second-order valence-electron chi connectivity index (χ2n) is 8.32. The van der Waals surface area contributed by atoms with Gasteiger partial charge in [0.1, 0.15) is 0 Å². The molecule has 7 nitrogen and oxygen atoms in total. The first-order chi connectivity index (χ1) is 14.2. The minimum Gasteiger partial charge on any atom is -0.378 e. The van der Waals surface area contributed by atoms with Gasteiger partial charge < -0.3 is 14.5 Å². The highest BCUT2D eigenvalue weighted by Crippen LogP contribution is 2.44. The van der Waals surface area contributed by atoms with E-state index < -0.39 is 0 Å². The summed E-state index contributed by atoms with van der Waals surface area (Å²) in [6.07, 6.45) is 2.96. The number of morpholine rings is 1. The van der Waals surface area contributed by atoms with E-state index in [1.165, 1.54) is 5.69 Å². The van der Waals surface area contributed by atoms with E-state index in [-0.39, 0.29) is 11.4 Å². The van der Waals surface area contributed by atoms with Crippen LogP contribution in [-0.4, -0.2) is 70.0 Å². The summed E-state index contributed by atoms with van der Waals surface area (Å²) in [5.41, 5.74) is 4.32. The molecule has 2 fully saturated rings. The molecule has 6 rings (SSSR count). The number of hydrogen-bond donors (Lipinski definition) is 0. The maximum atomic E-state index is 12.7. The van der Waals surface area contributed by atoms with Gasteiger partial charge in [-0.2, -0.15) is 5.10 Å². The maximum absolute atomic E-state index is 12.7. The molecule has 0 aliphatic carbocycles. The SMILES string of the molecule is O=C(N1CCOCC1)N1CC2(CCn3nc(-c4cnc5ccccc5c4)cc32)C1. The van der Waals surface area contributed by atoms with Crippen molar-refractivity contribution < 1.29 is 9.53 Å². The summed E-state index contributed by atoms with van der Waals surface area (Å²) in [6, 6.07) is 12.6. The Morgan fingerprint density at radius 3 is 2.72 bits per heavy atom. The number of carbonyl (C=O) groups excluding carboxylic acids is 1. The molecular weight excluding hydrogens is 366 g/mol. The lowest BCUT2D eigenvalue weighted by Gasteiger charge is -2.49. The number of rotatable bonds is 1. The Morgan fingerprint density at radius 1 is 1.03 bits per heavy atom. The number of benzene rings is 1. The van der Waals surface area contributed by atoms with Crippen LogP contribution >= 0.6 is 0 Å². The fourth-order valence-electron chi connectivity index (χ4n) is 4.91. The highest BCUT2D eigenvalue weighted by molar-refractivity contribution is 5.83. The van der Waals surface area contributed by atoms with Gasteiger partial charge in [-0.1, -0.05) is 18.2 Å². The lowest BCUT2D eigenvalue weighted by Crippen LogP contribution is -2.63. The van der Waals surface area contributed by atoms with Crippen LogP contribution < -0.4 is 0 Å². The number of para-hydroxylation sites is 1. The van der Waals surface area contributed by atoms with Crippen LogP contribution in [-0.2, 0) is 16.7 Å². The molecule has 148 valence electrons. The summed E-state index contributed by atoms with van der Waals surface area (Å²) in [5.74, 6) is 0. The van der Waals surface area contributed by atoms with E-state index in [0.717, 1.165) is 48.2 Å². The van der Waals surface area contributed by atoms with Gasteiger partial charge >= 0.3 is 6.03 Å². The number of aryl methyl sites for hydroxylation is 1. The zero-order valence-corrected chi connectivity index (χ0v) is 16.3. The largest absolute Gasteiger partial charge is 0.378 e. The van der Waals surface area contributed by atoms with Crippen LogP contribution in [0.25, 0.3) is 22.2 Å². The lowest BCUT2D eigenvalue weighted by atomic mass is 9.76. The Morgan fingerprint density at radius 2 is 1.86 bits per heavy atom. The third-order valence-corrected chi connectivity index (χ3v) is 6.55. The number of urea groups is 1. The minimum atomic E-state index is 0.0530. The molecule has 2 aromatic heterocycles. The van der Waals surface area contributed by atoms with E-state index in [2.05, 4.69) is 27.9 Å². The molecule has 0 unspecified atom stereocenters. The van der Waals surface area contributed by atoms with E-state index in [1.54, 1.807) is 0 Å². The molecule has 0 saturated carbocycles. The Balaban J connectivity index is 1.24. The molecule has 3 aliphatic rings. The van der Waals surface area contributed by atoms with Crippen molar-refractivity contribution >= 4 is 16.9 Å². The third-order valence-electron chi connectivity index (χ3n) is 6.55. The predicted octanol–water partition coefficient (Wildman–Crippen LogP) is 2.51. The van der Waals surface area contributed by atoms with Crippen LogP contribution in [0, 0.1) is 0 Å². The molecule has 0 atom stereocenters. The highest BCUT2D eigenvalue weighted by atomic mass is 16.5. The van der Waals surface area contributed by atoms with Gasteiger partial charge in [-0.25, -0.2) is 4.79 Å². The molecular formula is C22H23N5O2. The van der Waals surface area contributed by atoms with E-state index in [4.69, 9.17) is 9.84 Å². The fourth-order valence-corrected chi connectivity index (χ4v) is 4.91. The van der Waals surface area contributed by atoms with Crippen LogP contribution in [0.4, 0.5) is 4.79 Å². The summed E-state index contributed by atoms with van der Waals surface area (Å²) in [4.78, 5) is 21.2. The number of carbonyl (C=O) groups is 1. The molecule has 7 heteroatoms. The molecule has 0 N–H and O–H groups in total. The Kier molecular flexibility index (Phi) is 3.68. The predicted molar refractivity (Wildman–Crippen MR) is 109 cm³/mol. The number of ether oxygens (including phenoxy) is 1. The number of nitrogens with zero attached hydrogens (tertiary/aromatic N) is 5. The van der Waals surface area contributed by atoms with Gasteiger partial charge in [0, 0.05) is 61.0 Å². The normalized spacial score (nSPS) is 20.1. The highest BCUT2D eigenvalue weighted by Gasteiger charge is 2.52. The first-order valence-corrected chi connectivity index (χ1v) is 10.3. The van der Waals surface area contributed by atoms with Crippen LogP contribution in [0.1, 0.15) is 12.1 Å². The van der Waals surface area contributed by atoms with Crippen molar-refractivity contribution in [3.8, 4) is 11.3 Å². The standard InChI is InChI=1S/C22H23N5O2/c28-21(25-7-9-29-10-8-25)26-14-22(15-26)5-6-27-20(22)12-19(24-27)17-11-16-3-1-2-4-18(16)23-13-17/h1-4,11-13H,5-10,14-15H2. The molecule has 3 aromatic rings. The number of likely N-dealkylation sites (tertiary alicyclic amines) is 1. The van der Waals surface area contributed by atoms with Crippen molar-refractivity contribution in [3.63, 3.8) is 0 Å². The summed E-state index contributed by atoms with van der Waals surface area (Å²) < 4.78 is 7.49. The Bertz CT molecular complexity index is 1100. The molecule has 2 amide bonds. The van der Waals surface area contributed by atoms with Gasteiger partial charge in [0.05, 0.1) is 24.4 Å². The molecule has 2 saturated heterocycles. The lowest BCUT2D eigenvalue weighted by molar-refractivity contribution is 0.0218. The first kappa shape index (κ1) is 17.0. The Hall–Kier alpha value is -2.93. The van der Waals surface area contributed by atoms with Crippen molar-refractivity contribution in [2.45, 2.75) is 18.4 Å². The van der Waals surface area contributed by atoms with Crippen LogP contribution in [0.5, 0.6) is 0 Å². The van der Waals surface area contributed by atoms with Gasteiger partial charge in [0.15, 0.2) is 0 Å². The number of amides is 2. The second-order valence-corrected chi connectivity index (χ2v) is 8.32. The summed E-state index contributed by atoms with van der Waals surface area (Å²) in [6.45, 7) is 5.14. The van der Waals surface area contributed by atoms with Crippen molar-refractivity contribution in [2.75, 3.05) is 39.4 Å². The molecule has 29 heavy (non-hydrogen) atoms. The van der Waals surface area contributed by atoms with Crippen LogP contribution in [0.3, 0.4) is 0 Å². The zero-order valence-electron chi connectivity index (χ0n) is 16.3. The van der Waals surface area contributed by atoms with Gasteiger partial charge in [0.25, 0.3) is 0 Å². The number of pyridine rings is 1. The molecule has 0 bridgehead atoms. The molecule has 3 aliphatic heterocycles. The molecule has 0 radical (unpaired) electrons. The molecule has 5 heterocycles. The second kappa shape index (κ2) is 6.29. The summed E-state index contributed by atoms with van der Waals surface area (Å²) >= 11 is 0. The smallest absolute Gasteiger partial charge is 0.320 e. The van der Waals surface area contributed by atoms with Gasteiger partial charge in [-0.15, -0.1) is 0 Å². The summed E-state index contributed by atoms with van der Waals surface area (Å²) in [5, 5.41) is 5.98. The van der Waals surface area contributed by atoms with Gasteiger partial charge in [-0.05, 0) is 24.6 Å². The van der Waals surface area contributed by atoms with Gasteiger partial charge in [-0.3, -0.25) is 9.67 Å². The van der Waals surface area contributed by atoms with Gasteiger partial charge in [0.2, 0.25) is 0 Å². The van der Waals surface area contributed by atoms with E-state index in [1.807, 2.05) is 34.2 Å². The van der Waals surface area contributed by atoms with Crippen molar-refractivity contribution in [1.82, 2.24) is 24.6 Å². The topological polar surface area (TPSA) is 63.5 Å². The van der Waals surface area contributed by atoms with Crippen LogP contribution in [0.2, 0.25) is 0 Å². The van der Waals surface area contributed by atoms with E-state index >= 15 is 0 Å². The number of hydrogen-bond acceptors (Lipinski definition) is 4. The van der Waals surface area contributed by atoms with E-state index in [0.29, 0.717) is 26.3 Å². The molecule has 1 aromatic carbocycles. The molecule has 1 spiro atoms. The number of fused-ring (bicyclic) bond motifs is 3. The van der Waals surface area contributed by atoms with E-state index in [9.17, 15) is 4.79 Å². The fraction of sp³-hybridized carbons (Fsp3) is 0.409. The van der Waals surface area contributed by atoms with Crippen molar-refractivity contribution in [1.29, 1.82) is 0 Å². The third kappa shape index (κ3) is 2.64. The Labute approximate surface area is 168 Å². The minimum absolute atomic E-state index is 0.0530. The number of aromatic nitrogens is 3. The monoisotopic (exact) mass is 389 g/mol. The van der Waals surface area contributed by atoms with Crippen molar-refractivity contribution in [2.24, 2.45) is 0 Å². The maximum Gasteiger partial charge on any atom is 0.320 e. The quantitative estimate of drug-likeness (QED) is 0.642. The summed E-state index contributed by atoms with van der Waals surface area (Å²) in [7, 11) is 0. The average Bonchev–Trinajstić information content (AvgIpc) is 3.32. The zero-order chi connectivity index (χ0) is 19.4. The van der Waals surface area contributed by atoms with Crippen LogP contribution in [0.15, 0.2) is 42.6 Å². The first-order valence-electron chi connectivity index (χ1n) is 10.3. The average molecular weight is 389 g/mol. The van der Waals surface area contributed by atoms with Crippen molar-refractivity contribution in [3.05, 3.63) is 48.3 Å².